The molecule has 1 fully saturated rings. The first-order chi connectivity index (χ1) is 16.1. The van der Waals surface area contributed by atoms with Gasteiger partial charge in [0, 0.05) is 0 Å². The van der Waals surface area contributed by atoms with E-state index in [0.29, 0.717) is 11.3 Å². The van der Waals surface area contributed by atoms with Gasteiger partial charge in [-0.3, -0.25) is 9.36 Å². The summed E-state index contributed by atoms with van der Waals surface area (Å²) in [6, 6.07) is 11.6. The fourth-order valence-corrected chi connectivity index (χ4v) is 3.79. The highest BCUT2D eigenvalue weighted by Gasteiger charge is 2.38. The summed E-state index contributed by atoms with van der Waals surface area (Å²) in [4.78, 5) is 30.9. The zero-order valence-electron chi connectivity index (χ0n) is 18.9. The average molecular weight is 459 g/mol. The number of carbonyl (C=O) groups is 1. The van der Waals surface area contributed by atoms with Crippen LogP contribution in [0.5, 0.6) is 0 Å². The van der Waals surface area contributed by atoms with Crippen LogP contribution in [-0.2, 0) is 4.74 Å². The van der Waals surface area contributed by atoms with Gasteiger partial charge in [0.05, 0.1) is 39.8 Å². The number of aromatic nitrogens is 2. The average Bonchev–Trinajstić information content (AvgIpc) is 3.61. The number of rotatable bonds is 4. The maximum atomic E-state index is 14.2. The Morgan fingerprint density at radius 3 is 2.59 bits per heavy atom. The van der Waals surface area contributed by atoms with E-state index < -0.39 is 29.1 Å². The van der Waals surface area contributed by atoms with Gasteiger partial charge in [-0.25, -0.2) is 14.2 Å². The van der Waals surface area contributed by atoms with Gasteiger partial charge in [-0.1, -0.05) is 6.07 Å². The Morgan fingerprint density at radius 2 is 1.97 bits per heavy atom. The van der Waals surface area contributed by atoms with E-state index in [9.17, 15) is 24.5 Å². The Balaban J connectivity index is 1.99. The molecule has 1 atom stereocenters. The van der Waals surface area contributed by atoms with Gasteiger partial charge < -0.3 is 10.1 Å². The van der Waals surface area contributed by atoms with Gasteiger partial charge in [0.2, 0.25) is 0 Å². The largest absolute Gasteiger partial charge is 0.444 e. The number of carbonyl (C=O) groups excluding carboxylic acids is 1. The first-order valence-corrected chi connectivity index (χ1v) is 10.8. The Bertz CT molecular complexity index is 1440. The fraction of sp³-hybridized carbons (Fsp3) is 0.320. The molecule has 1 amide bonds. The molecule has 1 aromatic heterocycles. The van der Waals surface area contributed by atoms with Crippen LogP contribution in [0.1, 0.15) is 56.6 Å². The molecule has 34 heavy (non-hydrogen) atoms. The minimum atomic E-state index is -0.737. The van der Waals surface area contributed by atoms with E-state index in [1.54, 1.807) is 39.0 Å². The summed E-state index contributed by atoms with van der Waals surface area (Å²) >= 11 is 0. The van der Waals surface area contributed by atoms with E-state index in [4.69, 9.17) is 4.74 Å². The number of ether oxygens (including phenoxy) is 1. The third-order valence-corrected chi connectivity index (χ3v) is 5.36. The van der Waals surface area contributed by atoms with Crippen molar-refractivity contribution >= 4 is 17.0 Å². The third kappa shape index (κ3) is 4.60. The number of alkyl carbamates (subject to hydrolysis) is 1. The predicted octanol–water partition coefficient (Wildman–Crippen LogP) is 4.24. The Morgan fingerprint density at radius 1 is 1.24 bits per heavy atom. The summed E-state index contributed by atoms with van der Waals surface area (Å²) < 4.78 is 20.9. The molecule has 0 unspecified atom stereocenters. The molecule has 0 aliphatic heterocycles. The molecule has 1 N–H and O–H groups in total. The lowest BCUT2D eigenvalue weighted by Crippen LogP contribution is -2.39. The summed E-state index contributed by atoms with van der Waals surface area (Å²) in [6.07, 6.45) is 0.915. The van der Waals surface area contributed by atoms with Crippen LogP contribution in [0.3, 0.4) is 0 Å². The van der Waals surface area contributed by atoms with Gasteiger partial charge in [0.1, 0.15) is 23.3 Å². The number of nitriles is 2. The molecule has 0 bridgehead atoms. The van der Waals surface area contributed by atoms with E-state index in [2.05, 4.69) is 10.3 Å². The van der Waals surface area contributed by atoms with Gasteiger partial charge >= 0.3 is 6.09 Å². The Hall–Kier alpha value is -4.24. The molecule has 0 saturated heterocycles. The highest BCUT2D eigenvalue weighted by molar-refractivity contribution is 5.84. The summed E-state index contributed by atoms with van der Waals surface area (Å²) in [7, 11) is 0. The monoisotopic (exact) mass is 459 g/mol. The number of fused-ring (bicyclic) bond motifs is 1. The van der Waals surface area contributed by atoms with Crippen molar-refractivity contribution in [3.05, 3.63) is 69.5 Å². The van der Waals surface area contributed by atoms with Gasteiger partial charge in [-0.2, -0.15) is 10.5 Å². The second-order valence-electron chi connectivity index (χ2n) is 9.20. The molecule has 8 nitrogen and oxygen atoms in total. The van der Waals surface area contributed by atoms with Crippen LogP contribution in [0.25, 0.3) is 16.6 Å². The second-order valence-corrected chi connectivity index (χ2v) is 9.20. The minimum absolute atomic E-state index is 0.00625. The lowest BCUT2D eigenvalue weighted by Gasteiger charge is -2.25. The van der Waals surface area contributed by atoms with Crippen molar-refractivity contribution in [2.45, 2.75) is 45.3 Å². The van der Waals surface area contributed by atoms with Crippen LogP contribution < -0.4 is 10.9 Å². The number of halogens is 1. The van der Waals surface area contributed by atoms with Crippen molar-refractivity contribution in [3.8, 4) is 17.8 Å². The Kier molecular flexibility index (Phi) is 5.80. The molecule has 0 spiro atoms. The zero-order chi connectivity index (χ0) is 24.6. The maximum absolute atomic E-state index is 14.2. The quantitative estimate of drug-likeness (QED) is 0.623. The van der Waals surface area contributed by atoms with Crippen molar-refractivity contribution in [2.24, 2.45) is 5.92 Å². The normalized spacial score (nSPS) is 14.2. The van der Waals surface area contributed by atoms with E-state index >= 15 is 0 Å². The molecule has 1 aliphatic carbocycles. The van der Waals surface area contributed by atoms with E-state index in [1.807, 2.05) is 12.1 Å². The van der Waals surface area contributed by atoms with E-state index in [0.717, 1.165) is 25.0 Å². The lowest BCUT2D eigenvalue weighted by atomic mass is 10.1. The fourth-order valence-electron chi connectivity index (χ4n) is 3.79. The summed E-state index contributed by atoms with van der Waals surface area (Å²) in [5, 5.41) is 21.6. The highest BCUT2D eigenvalue weighted by atomic mass is 19.1. The first kappa shape index (κ1) is 22.9. The molecule has 172 valence electrons. The van der Waals surface area contributed by atoms with E-state index in [1.165, 1.54) is 10.6 Å². The molecular formula is C25H22FN5O3. The van der Waals surface area contributed by atoms with E-state index in [-0.39, 0.29) is 28.2 Å². The van der Waals surface area contributed by atoms with Crippen LogP contribution >= 0.6 is 0 Å². The van der Waals surface area contributed by atoms with Crippen LogP contribution in [-0.4, -0.2) is 21.2 Å². The van der Waals surface area contributed by atoms with Crippen molar-refractivity contribution in [3.63, 3.8) is 0 Å². The van der Waals surface area contributed by atoms with Crippen molar-refractivity contribution in [2.75, 3.05) is 0 Å². The molecule has 9 heteroatoms. The Labute approximate surface area is 195 Å². The molecule has 2 aromatic carbocycles. The SMILES string of the molecule is CC(C)(C)OC(=O)N[C@H](c1nc2c(C#N)cc(F)cc2c(=O)n1-c1cccc(C#N)c1)C1CC1. The smallest absolute Gasteiger partial charge is 0.408 e. The predicted molar refractivity (Wildman–Crippen MR) is 122 cm³/mol. The van der Waals surface area contributed by atoms with Crippen molar-refractivity contribution in [1.29, 1.82) is 10.5 Å². The number of hydrogen-bond acceptors (Lipinski definition) is 6. The number of amides is 1. The summed E-state index contributed by atoms with van der Waals surface area (Å²) in [6.45, 7) is 5.22. The minimum Gasteiger partial charge on any atom is -0.444 e. The van der Waals surface area contributed by atoms with Gasteiger partial charge in [-0.15, -0.1) is 0 Å². The van der Waals surface area contributed by atoms with Crippen LogP contribution in [0, 0.1) is 34.4 Å². The number of nitrogens with zero attached hydrogens (tertiary/aromatic N) is 4. The van der Waals surface area contributed by atoms with Gasteiger partial charge in [-0.05, 0) is 69.9 Å². The topological polar surface area (TPSA) is 121 Å². The lowest BCUT2D eigenvalue weighted by molar-refractivity contribution is 0.0493. The molecule has 1 heterocycles. The van der Waals surface area contributed by atoms with Gasteiger partial charge in [0.25, 0.3) is 5.56 Å². The van der Waals surface area contributed by atoms with Crippen molar-refractivity contribution < 1.29 is 13.9 Å². The highest BCUT2D eigenvalue weighted by Crippen LogP contribution is 2.41. The zero-order valence-corrected chi connectivity index (χ0v) is 18.9. The standard InChI is InChI=1S/C25H22FN5O3/c1-25(2,3)34-24(33)30-21(15-7-8-15)22-29-20-16(13-28)10-17(26)11-19(20)23(32)31(22)18-6-4-5-14(9-18)12-27/h4-6,9-11,15,21H,7-8H2,1-3H3,(H,30,33)/t21-/m0/s1. The number of nitrogens with one attached hydrogen (secondary N) is 1. The molecule has 1 aliphatic rings. The molecule has 4 rings (SSSR count). The number of benzene rings is 2. The van der Waals surface area contributed by atoms with Crippen LogP contribution in [0.4, 0.5) is 9.18 Å². The number of hydrogen-bond donors (Lipinski definition) is 1. The molecule has 0 radical (unpaired) electrons. The first-order valence-electron chi connectivity index (χ1n) is 10.8. The molecular weight excluding hydrogens is 437 g/mol. The van der Waals surface area contributed by atoms with Crippen LogP contribution in [0.15, 0.2) is 41.2 Å². The summed E-state index contributed by atoms with van der Waals surface area (Å²) in [5.41, 5.74) is -0.723. The second kappa shape index (κ2) is 8.60. The van der Waals surface area contributed by atoms with Gasteiger partial charge in [0.15, 0.2) is 0 Å². The summed E-state index contributed by atoms with van der Waals surface area (Å²) in [5.74, 6) is -0.559. The van der Waals surface area contributed by atoms with Crippen molar-refractivity contribution in [1.82, 2.24) is 14.9 Å². The third-order valence-electron chi connectivity index (χ3n) is 5.36. The van der Waals surface area contributed by atoms with Crippen LogP contribution in [0.2, 0.25) is 0 Å². The maximum Gasteiger partial charge on any atom is 0.408 e. The molecule has 1 saturated carbocycles. The molecule has 3 aromatic rings.